The van der Waals surface area contributed by atoms with Crippen LogP contribution in [-0.2, 0) is 13.1 Å². The first-order valence-corrected chi connectivity index (χ1v) is 8.24. The van der Waals surface area contributed by atoms with E-state index in [0.29, 0.717) is 24.8 Å². The molecule has 0 saturated carbocycles. The van der Waals surface area contributed by atoms with Gasteiger partial charge in [-0.15, -0.1) is 35.3 Å². The molecule has 0 radical (unpaired) electrons. The number of aliphatic imine (C=N–C) groups is 1. The lowest BCUT2D eigenvalue weighted by molar-refractivity contribution is 0.0818. The lowest BCUT2D eigenvalue weighted by Crippen LogP contribution is -2.36. The molecule has 0 bridgehead atoms. The summed E-state index contributed by atoms with van der Waals surface area (Å²) in [6.07, 6.45) is -0.646. The van der Waals surface area contributed by atoms with E-state index in [1.165, 1.54) is 0 Å². The van der Waals surface area contributed by atoms with Crippen LogP contribution in [0.1, 0.15) is 15.4 Å². The number of nitrogens with zero attached hydrogens (tertiary/aromatic N) is 2. The highest BCUT2D eigenvalue weighted by Crippen LogP contribution is 2.14. The molecule has 0 saturated heterocycles. The number of ether oxygens (including phenoxy) is 1. The summed E-state index contributed by atoms with van der Waals surface area (Å²) in [6.45, 7) is 2.50. The molecule has 138 valence electrons. The van der Waals surface area contributed by atoms with Crippen molar-refractivity contribution in [1.29, 1.82) is 0 Å². The number of aryl methyl sites for hydroxylation is 1. The number of alkyl halides is 2. The van der Waals surface area contributed by atoms with Gasteiger partial charge in [0, 0.05) is 24.7 Å². The van der Waals surface area contributed by atoms with E-state index in [4.69, 9.17) is 4.74 Å². The summed E-state index contributed by atoms with van der Waals surface area (Å²) < 4.78 is 29.4. The number of hydrogen-bond acceptors (Lipinski definition) is 4. The van der Waals surface area contributed by atoms with Gasteiger partial charge in [-0.05, 0) is 24.6 Å². The predicted octanol–water partition coefficient (Wildman–Crippen LogP) is 3.58. The number of thiazole rings is 1. The number of halogens is 3. The lowest BCUT2D eigenvalue weighted by Gasteiger charge is -2.12. The zero-order valence-electron chi connectivity index (χ0n) is 14.0. The van der Waals surface area contributed by atoms with Crippen LogP contribution in [-0.4, -0.2) is 31.0 Å². The van der Waals surface area contributed by atoms with Crippen LogP contribution in [0.15, 0.2) is 35.5 Å². The molecule has 0 unspecified atom stereocenters. The van der Waals surface area contributed by atoms with Crippen molar-refractivity contribution in [2.24, 2.45) is 4.99 Å². The van der Waals surface area contributed by atoms with Crippen LogP contribution in [0.2, 0.25) is 0 Å². The zero-order valence-corrected chi connectivity index (χ0v) is 17.1. The van der Waals surface area contributed by atoms with E-state index in [1.54, 1.807) is 36.6 Å². The summed E-state index contributed by atoms with van der Waals surface area (Å²) in [6, 6.07) is 7.04. The Morgan fingerprint density at radius 1 is 1.32 bits per heavy atom. The average molecular weight is 482 g/mol. The number of benzene rings is 1. The highest BCUT2D eigenvalue weighted by atomic mass is 127. The Kier molecular flexibility index (Phi) is 9.65. The average Bonchev–Trinajstić information content (AvgIpc) is 2.99. The van der Waals surface area contributed by atoms with Crippen LogP contribution in [0.3, 0.4) is 0 Å². The van der Waals surface area contributed by atoms with Gasteiger partial charge in [-0.2, -0.15) is 0 Å². The number of aromatic nitrogens is 1. The first-order chi connectivity index (χ1) is 11.6. The number of guanidine groups is 1. The van der Waals surface area contributed by atoms with E-state index in [2.05, 4.69) is 20.6 Å². The molecule has 0 amide bonds. The topological polar surface area (TPSA) is 58.5 Å². The van der Waals surface area contributed by atoms with E-state index in [9.17, 15) is 8.78 Å². The van der Waals surface area contributed by atoms with Gasteiger partial charge >= 0.3 is 0 Å². The predicted molar refractivity (Wildman–Crippen MR) is 107 cm³/mol. The standard InChI is InChI=1S/C16H20F2N4OS.HI/c1-11-7-20-15(24-11)9-22-16(19-2)21-8-12-4-3-5-13(6-12)23-10-14(17)18;/h3-7,14H,8-10H2,1-2H3,(H2,19,21,22);1H. The minimum Gasteiger partial charge on any atom is -0.488 e. The van der Waals surface area contributed by atoms with Gasteiger partial charge in [-0.25, -0.2) is 13.8 Å². The van der Waals surface area contributed by atoms with Gasteiger partial charge in [0.05, 0.1) is 6.54 Å². The summed E-state index contributed by atoms with van der Waals surface area (Å²) in [5.41, 5.74) is 0.912. The maximum absolute atomic E-state index is 12.2. The Bertz CT molecular complexity index is 682. The fraction of sp³-hybridized carbons (Fsp3) is 0.375. The van der Waals surface area contributed by atoms with Gasteiger partial charge < -0.3 is 15.4 Å². The smallest absolute Gasteiger partial charge is 0.272 e. The molecule has 1 aromatic heterocycles. The molecule has 1 heterocycles. The molecule has 2 N–H and O–H groups in total. The van der Waals surface area contributed by atoms with E-state index < -0.39 is 13.0 Å². The number of hydrogen-bond donors (Lipinski definition) is 2. The van der Waals surface area contributed by atoms with Gasteiger partial charge in [0.25, 0.3) is 6.43 Å². The molecule has 0 fully saturated rings. The number of nitrogens with one attached hydrogen (secondary N) is 2. The Morgan fingerprint density at radius 2 is 2.08 bits per heavy atom. The van der Waals surface area contributed by atoms with Gasteiger partial charge in [-0.1, -0.05) is 12.1 Å². The molecular formula is C16H21F2IN4OS. The molecule has 9 heteroatoms. The number of rotatable bonds is 7. The zero-order chi connectivity index (χ0) is 17.4. The highest BCUT2D eigenvalue weighted by Gasteiger charge is 2.05. The molecule has 2 rings (SSSR count). The van der Waals surface area contributed by atoms with Crippen LogP contribution < -0.4 is 15.4 Å². The van der Waals surface area contributed by atoms with E-state index in [0.717, 1.165) is 15.4 Å². The summed E-state index contributed by atoms with van der Waals surface area (Å²) in [7, 11) is 1.69. The third kappa shape index (κ3) is 7.95. The normalized spacial score (nSPS) is 11.2. The molecule has 25 heavy (non-hydrogen) atoms. The molecule has 0 spiro atoms. The molecular weight excluding hydrogens is 461 g/mol. The Morgan fingerprint density at radius 3 is 2.72 bits per heavy atom. The molecule has 0 atom stereocenters. The monoisotopic (exact) mass is 482 g/mol. The first kappa shape index (κ1) is 21.6. The fourth-order valence-corrected chi connectivity index (χ4v) is 2.68. The van der Waals surface area contributed by atoms with E-state index in [-0.39, 0.29) is 24.0 Å². The summed E-state index contributed by atoms with van der Waals surface area (Å²) in [5, 5.41) is 7.33. The van der Waals surface area contributed by atoms with Crippen LogP contribution in [0.4, 0.5) is 8.78 Å². The summed E-state index contributed by atoms with van der Waals surface area (Å²) >= 11 is 1.63. The molecule has 1 aromatic carbocycles. The summed E-state index contributed by atoms with van der Waals surface area (Å²) in [4.78, 5) is 9.59. The largest absolute Gasteiger partial charge is 0.488 e. The molecule has 0 aliphatic heterocycles. The van der Waals surface area contributed by atoms with Crippen molar-refractivity contribution in [1.82, 2.24) is 15.6 Å². The Labute approximate surface area is 166 Å². The van der Waals surface area contributed by atoms with Crippen molar-refractivity contribution in [2.75, 3.05) is 13.7 Å². The van der Waals surface area contributed by atoms with E-state index >= 15 is 0 Å². The minimum atomic E-state index is -2.48. The van der Waals surface area contributed by atoms with Gasteiger partial charge in [0.15, 0.2) is 5.96 Å². The Balaban J connectivity index is 0.00000312. The molecule has 0 aliphatic rings. The minimum absolute atomic E-state index is 0. The lowest BCUT2D eigenvalue weighted by atomic mass is 10.2. The molecule has 5 nitrogen and oxygen atoms in total. The van der Waals surface area contributed by atoms with Crippen LogP contribution in [0.5, 0.6) is 5.75 Å². The van der Waals surface area contributed by atoms with E-state index in [1.807, 2.05) is 19.2 Å². The van der Waals surface area contributed by atoms with Crippen LogP contribution in [0, 0.1) is 6.92 Å². The fourth-order valence-electron chi connectivity index (χ4n) is 1.95. The molecule has 0 aliphatic carbocycles. The van der Waals surface area contributed by atoms with Crippen LogP contribution in [0.25, 0.3) is 0 Å². The SMILES string of the molecule is CN=C(NCc1cccc(OCC(F)F)c1)NCc1ncc(C)s1.I. The maximum Gasteiger partial charge on any atom is 0.272 e. The third-order valence-electron chi connectivity index (χ3n) is 3.03. The van der Waals surface area contributed by atoms with Gasteiger partial charge in [-0.3, -0.25) is 4.99 Å². The maximum atomic E-state index is 12.2. The van der Waals surface area contributed by atoms with Crippen LogP contribution >= 0.6 is 35.3 Å². The Hall–Kier alpha value is -1.49. The van der Waals surface area contributed by atoms with Crippen molar-refractivity contribution in [2.45, 2.75) is 26.4 Å². The second kappa shape index (κ2) is 11.2. The quantitative estimate of drug-likeness (QED) is 0.360. The second-order valence-corrected chi connectivity index (χ2v) is 6.31. The second-order valence-electron chi connectivity index (χ2n) is 4.99. The highest BCUT2D eigenvalue weighted by molar-refractivity contribution is 14.0. The summed E-state index contributed by atoms with van der Waals surface area (Å²) in [5.74, 6) is 1.07. The van der Waals surface area contributed by atoms with Crippen molar-refractivity contribution in [3.63, 3.8) is 0 Å². The van der Waals surface area contributed by atoms with Gasteiger partial charge in [0.2, 0.25) is 0 Å². The first-order valence-electron chi connectivity index (χ1n) is 7.42. The van der Waals surface area contributed by atoms with Gasteiger partial charge in [0.1, 0.15) is 17.4 Å². The van der Waals surface area contributed by atoms with Crippen molar-refractivity contribution in [3.05, 3.63) is 45.9 Å². The third-order valence-corrected chi connectivity index (χ3v) is 3.95. The molecule has 2 aromatic rings. The van der Waals surface area contributed by atoms with Crippen molar-refractivity contribution >= 4 is 41.3 Å². The van der Waals surface area contributed by atoms with Crippen molar-refractivity contribution < 1.29 is 13.5 Å². The van der Waals surface area contributed by atoms with Crippen molar-refractivity contribution in [3.8, 4) is 5.75 Å².